The van der Waals surface area contributed by atoms with E-state index in [0.29, 0.717) is 25.3 Å². The number of H-pyrrole nitrogens is 2. The van der Waals surface area contributed by atoms with E-state index in [-0.39, 0.29) is 5.97 Å². The van der Waals surface area contributed by atoms with E-state index in [1.54, 1.807) is 0 Å². The van der Waals surface area contributed by atoms with E-state index in [9.17, 15) is 4.79 Å². The average Bonchev–Trinajstić information content (AvgIpc) is 3.54. The Balaban J connectivity index is 1.23. The Morgan fingerprint density at radius 3 is 2.72 bits per heavy atom. The second kappa shape index (κ2) is 10.9. The number of esters is 1. The zero-order valence-electron chi connectivity index (χ0n) is 20.2. The summed E-state index contributed by atoms with van der Waals surface area (Å²) in [6.45, 7) is 2.25. The number of ether oxygens (including phenoxy) is 2. The number of aromatic nitrogens is 4. The molecule has 0 unspecified atom stereocenters. The van der Waals surface area contributed by atoms with E-state index < -0.39 is 0 Å². The van der Waals surface area contributed by atoms with Crippen LogP contribution in [-0.2, 0) is 22.4 Å². The predicted octanol–water partition coefficient (Wildman–Crippen LogP) is 6.22. The zero-order chi connectivity index (χ0) is 24.7. The molecule has 36 heavy (non-hydrogen) atoms. The Hall–Kier alpha value is -4.39. The summed E-state index contributed by atoms with van der Waals surface area (Å²) in [5, 5.41) is 8.59. The van der Waals surface area contributed by atoms with Crippen molar-refractivity contribution in [3.05, 3.63) is 95.9 Å². The van der Waals surface area contributed by atoms with Gasteiger partial charge in [-0.1, -0.05) is 36.4 Å². The number of nitrogens with zero attached hydrogens (tertiary/aromatic N) is 2. The molecule has 0 amide bonds. The van der Waals surface area contributed by atoms with Crippen LogP contribution in [0.2, 0.25) is 0 Å². The van der Waals surface area contributed by atoms with E-state index in [4.69, 9.17) is 14.5 Å². The van der Waals surface area contributed by atoms with Crippen LogP contribution in [0, 0.1) is 0 Å². The van der Waals surface area contributed by atoms with Crippen molar-refractivity contribution in [2.45, 2.75) is 32.6 Å². The molecule has 0 aliphatic rings. The van der Waals surface area contributed by atoms with Crippen LogP contribution in [0.4, 0.5) is 0 Å². The number of carbonyl (C=O) groups is 1. The molecule has 182 valence electrons. The third-order valence-corrected chi connectivity index (χ3v) is 5.90. The number of nitrogens with one attached hydrogen (secondary N) is 2. The SMILES string of the molecule is CCOC(=O)CCCc1cccc(Cc2nc(-c3cccc(Oc4ccc5[nH]ccc5c4)c3)n[nH]2)c1. The number of fused-ring (bicyclic) bond motifs is 1. The van der Waals surface area contributed by atoms with Crippen molar-refractivity contribution >= 4 is 16.9 Å². The van der Waals surface area contributed by atoms with Crippen molar-refractivity contribution < 1.29 is 14.3 Å². The van der Waals surface area contributed by atoms with Crippen molar-refractivity contribution in [1.82, 2.24) is 20.2 Å². The topological polar surface area (TPSA) is 92.9 Å². The molecule has 0 spiro atoms. The fourth-order valence-corrected chi connectivity index (χ4v) is 4.19. The Morgan fingerprint density at radius 1 is 0.944 bits per heavy atom. The van der Waals surface area contributed by atoms with Crippen molar-refractivity contribution in [2.24, 2.45) is 0 Å². The Morgan fingerprint density at radius 2 is 1.81 bits per heavy atom. The second-order valence-corrected chi connectivity index (χ2v) is 8.62. The maximum Gasteiger partial charge on any atom is 0.305 e. The van der Waals surface area contributed by atoms with E-state index in [1.807, 2.05) is 67.7 Å². The van der Waals surface area contributed by atoms with Crippen molar-refractivity contribution in [2.75, 3.05) is 6.61 Å². The zero-order valence-corrected chi connectivity index (χ0v) is 20.2. The molecule has 0 fully saturated rings. The molecule has 7 nitrogen and oxygen atoms in total. The molecule has 2 aromatic heterocycles. The summed E-state index contributed by atoms with van der Waals surface area (Å²) in [5.74, 6) is 2.78. The van der Waals surface area contributed by atoms with Gasteiger partial charge in [0, 0.05) is 35.5 Å². The van der Waals surface area contributed by atoms with Gasteiger partial charge in [0.2, 0.25) is 0 Å². The smallest absolute Gasteiger partial charge is 0.305 e. The Kier molecular flexibility index (Phi) is 7.07. The summed E-state index contributed by atoms with van der Waals surface area (Å²) < 4.78 is 11.1. The molecule has 2 N–H and O–H groups in total. The van der Waals surface area contributed by atoms with Crippen LogP contribution in [0.15, 0.2) is 79.0 Å². The first-order valence-corrected chi connectivity index (χ1v) is 12.2. The first-order chi connectivity index (χ1) is 17.7. The number of hydrogen-bond acceptors (Lipinski definition) is 5. The van der Waals surface area contributed by atoms with Crippen LogP contribution in [0.3, 0.4) is 0 Å². The highest BCUT2D eigenvalue weighted by molar-refractivity contribution is 5.80. The molecule has 0 radical (unpaired) electrons. The first-order valence-electron chi connectivity index (χ1n) is 12.2. The molecule has 7 heteroatoms. The van der Waals surface area contributed by atoms with Gasteiger partial charge in [0.05, 0.1) is 6.61 Å². The number of benzene rings is 3. The average molecular weight is 481 g/mol. The number of carbonyl (C=O) groups excluding carboxylic acids is 1. The minimum absolute atomic E-state index is 0.140. The number of aromatic amines is 2. The maximum absolute atomic E-state index is 11.6. The van der Waals surface area contributed by atoms with Crippen molar-refractivity contribution in [3.8, 4) is 22.9 Å². The fourth-order valence-electron chi connectivity index (χ4n) is 4.19. The summed E-state index contributed by atoms with van der Waals surface area (Å²) in [4.78, 5) is 19.5. The molecule has 0 aliphatic carbocycles. The maximum atomic E-state index is 11.6. The fraction of sp³-hybridized carbons (Fsp3) is 0.207. The molecular weight excluding hydrogens is 452 g/mol. The molecule has 2 heterocycles. The molecule has 0 atom stereocenters. The highest BCUT2D eigenvalue weighted by atomic mass is 16.5. The highest BCUT2D eigenvalue weighted by Gasteiger charge is 2.10. The van der Waals surface area contributed by atoms with Crippen LogP contribution in [0.5, 0.6) is 11.5 Å². The van der Waals surface area contributed by atoms with Gasteiger partial charge in [-0.3, -0.25) is 9.89 Å². The number of rotatable bonds is 10. The lowest BCUT2D eigenvalue weighted by molar-refractivity contribution is -0.143. The Labute approximate surface area is 209 Å². The van der Waals surface area contributed by atoms with Gasteiger partial charge in [-0.15, -0.1) is 0 Å². The third kappa shape index (κ3) is 5.81. The van der Waals surface area contributed by atoms with E-state index in [2.05, 4.69) is 33.4 Å². The van der Waals surface area contributed by atoms with E-state index >= 15 is 0 Å². The summed E-state index contributed by atoms with van der Waals surface area (Å²) in [7, 11) is 0. The van der Waals surface area contributed by atoms with Gasteiger partial charge in [0.1, 0.15) is 17.3 Å². The molecule has 5 aromatic rings. The normalized spacial score (nSPS) is 11.0. The van der Waals surface area contributed by atoms with Crippen molar-refractivity contribution in [1.29, 1.82) is 0 Å². The van der Waals surface area contributed by atoms with Gasteiger partial charge in [0.15, 0.2) is 5.82 Å². The molecule has 3 aromatic carbocycles. The molecule has 0 saturated heterocycles. The van der Waals surface area contributed by atoms with Crippen LogP contribution in [0.25, 0.3) is 22.3 Å². The standard InChI is InChI=1S/C29H28N4O3/c1-2-35-28(34)11-4-7-20-6-3-8-21(16-20)17-27-31-29(33-32-27)23-9-5-10-24(19-23)36-25-12-13-26-22(18-25)14-15-30-26/h3,5-6,8-10,12-16,18-19,30H,2,4,7,11,17H2,1H3,(H,31,32,33). The van der Waals surface area contributed by atoms with Crippen LogP contribution < -0.4 is 4.74 Å². The van der Waals surface area contributed by atoms with Gasteiger partial charge < -0.3 is 14.5 Å². The molecular formula is C29H28N4O3. The summed E-state index contributed by atoms with van der Waals surface area (Å²) in [6, 6.07) is 24.1. The molecule has 0 aliphatic heterocycles. The van der Waals surface area contributed by atoms with Gasteiger partial charge >= 0.3 is 5.97 Å². The lowest BCUT2D eigenvalue weighted by atomic mass is 10.0. The van der Waals surface area contributed by atoms with Gasteiger partial charge in [-0.2, -0.15) is 5.10 Å². The van der Waals surface area contributed by atoms with Crippen LogP contribution >= 0.6 is 0 Å². The molecule has 0 saturated carbocycles. The van der Waals surface area contributed by atoms with Gasteiger partial charge in [-0.05, 0) is 67.3 Å². The lowest BCUT2D eigenvalue weighted by Gasteiger charge is -2.07. The van der Waals surface area contributed by atoms with Gasteiger partial charge in [-0.25, -0.2) is 4.98 Å². The first kappa shape index (κ1) is 23.4. The minimum Gasteiger partial charge on any atom is -0.466 e. The summed E-state index contributed by atoms with van der Waals surface area (Å²) in [5.41, 5.74) is 4.29. The molecule has 5 rings (SSSR count). The van der Waals surface area contributed by atoms with E-state index in [0.717, 1.165) is 52.2 Å². The third-order valence-electron chi connectivity index (χ3n) is 5.90. The largest absolute Gasteiger partial charge is 0.466 e. The number of hydrogen-bond donors (Lipinski definition) is 2. The van der Waals surface area contributed by atoms with E-state index in [1.165, 1.54) is 5.56 Å². The minimum atomic E-state index is -0.140. The van der Waals surface area contributed by atoms with Gasteiger partial charge in [0.25, 0.3) is 0 Å². The summed E-state index contributed by atoms with van der Waals surface area (Å²) >= 11 is 0. The van der Waals surface area contributed by atoms with Crippen molar-refractivity contribution in [3.63, 3.8) is 0 Å². The quantitative estimate of drug-likeness (QED) is 0.231. The van der Waals surface area contributed by atoms with Crippen LogP contribution in [0.1, 0.15) is 36.7 Å². The monoisotopic (exact) mass is 480 g/mol. The second-order valence-electron chi connectivity index (χ2n) is 8.62. The highest BCUT2D eigenvalue weighted by Crippen LogP contribution is 2.28. The predicted molar refractivity (Wildman–Crippen MR) is 139 cm³/mol. The van der Waals surface area contributed by atoms with Crippen LogP contribution in [-0.4, -0.2) is 32.7 Å². The molecule has 0 bridgehead atoms. The summed E-state index contributed by atoms with van der Waals surface area (Å²) in [6.07, 6.45) is 4.60. The Bertz CT molecular complexity index is 1470. The lowest BCUT2D eigenvalue weighted by Crippen LogP contribution is -2.04. The number of aryl methyl sites for hydroxylation is 1.